The van der Waals surface area contributed by atoms with E-state index in [2.05, 4.69) is 89.5 Å². The summed E-state index contributed by atoms with van der Waals surface area (Å²) in [6, 6.07) is 17.6. The number of esters is 1. The number of para-hydroxylation sites is 1. The van der Waals surface area contributed by atoms with E-state index in [4.69, 9.17) is 4.74 Å². The Labute approximate surface area is 273 Å². The molecule has 1 saturated carbocycles. The van der Waals surface area contributed by atoms with Crippen molar-refractivity contribution >= 4 is 22.6 Å². The van der Waals surface area contributed by atoms with Gasteiger partial charge in [-0.1, -0.05) is 55.3 Å². The van der Waals surface area contributed by atoms with Crippen LogP contribution in [0.2, 0.25) is 0 Å². The summed E-state index contributed by atoms with van der Waals surface area (Å²) in [6.45, 7) is 7.97. The lowest BCUT2D eigenvalue weighted by molar-refractivity contribution is -0.151. The Hall–Kier alpha value is -3.09. The number of rotatable bonds is 3. The number of aromatic amines is 1. The summed E-state index contributed by atoms with van der Waals surface area (Å²) in [5, 5.41) is 5.44. The maximum Gasteiger partial charge on any atom is 0.310 e. The molecule has 0 unspecified atom stereocenters. The Balaban J connectivity index is 1.17. The van der Waals surface area contributed by atoms with Gasteiger partial charge in [0.1, 0.15) is 0 Å². The fraction of sp³-hybridized carbons (Fsp3) is 0.575. The first-order valence-corrected chi connectivity index (χ1v) is 18.1. The molecule has 2 aliphatic carbocycles. The normalized spacial score (nSPS) is 37.5. The number of carbonyl (C=O) groups is 1. The largest absolute Gasteiger partial charge is 0.469 e. The molecule has 0 radical (unpaired) electrons. The van der Waals surface area contributed by atoms with E-state index in [1.807, 2.05) is 0 Å². The van der Waals surface area contributed by atoms with Crippen LogP contribution in [-0.2, 0) is 21.4 Å². The van der Waals surface area contributed by atoms with Gasteiger partial charge in [0.25, 0.3) is 0 Å². The smallest absolute Gasteiger partial charge is 0.310 e. The standard InChI is InChI=1S/C40H50N4O2/c1-5-23-17-26-12-14-35-40(15-16-44(21-23)38(26)40)31-13-11-25(18-33(31)41-35)29-19-28-24(6-2)22-43(3)34(36(28)39(45)46-4)20-30-27-9-7-8-10-32(27)42-37(29)30/h6-11,13,18,23,26,28-29,34-36,38,41-42H,5,12,14-17,19-22H2,1-4H3/b24-6-/t23-,26+,28+,29-,34+,35-,36+,38-,40-/m1/s1. The number of likely N-dealkylation sites (tertiary alicyclic amines) is 1. The Morgan fingerprint density at radius 2 is 2.02 bits per heavy atom. The molecule has 6 nitrogen and oxygen atoms in total. The van der Waals surface area contributed by atoms with E-state index in [1.54, 1.807) is 12.7 Å². The minimum atomic E-state index is -0.187. The topological polar surface area (TPSA) is 60.6 Å². The van der Waals surface area contributed by atoms with Gasteiger partial charge < -0.3 is 15.0 Å². The first kappa shape index (κ1) is 29.1. The van der Waals surface area contributed by atoms with Crippen molar-refractivity contribution in [3.63, 3.8) is 0 Å². The number of hydrogen-bond acceptors (Lipinski definition) is 5. The zero-order valence-electron chi connectivity index (χ0n) is 28.0. The third-order valence-corrected chi connectivity index (χ3v) is 13.9. The number of fused-ring (bicyclic) bond motifs is 6. The molecule has 0 amide bonds. The van der Waals surface area contributed by atoms with Crippen LogP contribution >= 0.6 is 0 Å². The molecule has 9 atom stereocenters. The Kier molecular flexibility index (Phi) is 6.77. The molecule has 2 bridgehead atoms. The first-order valence-electron chi connectivity index (χ1n) is 18.1. The Bertz CT molecular complexity index is 1720. The van der Waals surface area contributed by atoms with E-state index in [9.17, 15) is 4.79 Å². The highest BCUT2D eigenvalue weighted by atomic mass is 16.5. The molecule has 9 rings (SSSR count). The van der Waals surface area contributed by atoms with Crippen molar-refractivity contribution in [2.75, 3.05) is 39.1 Å². The number of carbonyl (C=O) groups excluding carboxylic acids is 1. The molecule has 4 fully saturated rings. The average Bonchev–Trinajstić information content (AvgIpc) is 3.75. The van der Waals surface area contributed by atoms with E-state index in [0.29, 0.717) is 12.1 Å². The number of hydrogen-bond donors (Lipinski definition) is 2. The molecule has 1 aromatic heterocycles. The summed E-state index contributed by atoms with van der Waals surface area (Å²) >= 11 is 0. The zero-order chi connectivity index (χ0) is 31.3. The number of nitrogens with zero attached hydrogens (tertiary/aromatic N) is 2. The van der Waals surface area contributed by atoms with E-state index in [1.165, 1.54) is 84.2 Å². The van der Waals surface area contributed by atoms with Crippen molar-refractivity contribution in [2.24, 2.45) is 23.7 Å². The van der Waals surface area contributed by atoms with E-state index >= 15 is 0 Å². The van der Waals surface area contributed by atoms with E-state index in [0.717, 1.165) is 31.2 Å². The number of benzene rings is 2. The van der Waals surface area contributed by atoms with Crippen molar-refractivity contribution < 1.29 is 9.53 Å². The molecule has 6 aliphatic rings. The number of ether oxygens (including phenoxy) is 1. The summed E-state index contributed by atoms with van der Waals surface area (Å²) in [5.74, 6) is 1.75. The second-order valence-electron chi connectivity index (χ2n) is 15.6. The highest BCUT2D eigenvalue weighted by Gasteiger charge is 2.62. The lowest BCUT2D eigenvalue weighted by Gasteiger charge is -2.52. The summed E-state index contributed by atoms with van der Waals surface area (Å²) in [4.78, 5) is 22.9. The molecule has 6 heteroatoms. The lowest BCUT2D eigenvalue weighted by Crippen LogP contribution is -2.59. The average molecular weight is 619 g/mol. The number of anilines is 1. The number of piperidine rings is 2. The van der Waals surface area contributed by atoms with Crippen LogP contribution in [0.5, 0.6) is 0 Å². The summed E-state index contributed by atoms with van der Waals surface area (Å²) in [6.07, 6.45) is 10.7. The van der Waals surface area contributed by atoms with Gasteiger partial charge >= 0.3 is 5.97 Å². The highest BCUT2D eigenvalue weighted by molar-refractivity contribution is 5.86. The van der Waals surface area contributed by atoms with Gasteiger partial charge in [0.2, 0.25) is 0 Å². The summed E-state index contributed by atoms with van der Waals surface area (Å²) < 4.78 is 5.55. The molecule has 1 spiro atoms. The van der Waals surface area contributed by atoms with Gasteiger partial charge in [0.05, 0.1) is 13.0 Å². The molecule has 5 heterocycles. The highest BCUT2D eigenvalue weighted by Crippen LogP contribution is 2.60. The van der Waals surface area contributed by atoms with Crippen LogP contribution in [0, 0.1) is 23.7 Å². The third kappa shape index (κ3) is 3.98. The van der Waals surface area contributed by atoms with Gasteiger partial charge in [-0.25, -0.2) is 0 Å². The van der Waals surface area contributed by atoms with Crippen molar-refractivity contribution in [3.8, 4) is 0 Å². The van der Waals surface area contributed by atoms with Crippen molar-refractivity contribution in [2.45, 2.75) is 88.3 Å². The summed E-state index contributed by atoms with van der Waals surface area (Å²) in [7, 11) is 3.75. The molecule has 4 aliphatic heterocycles. The molecule has 242 valence electrons. The molecule has 46 heavy (non-hydrogen) atoms. The van der Waals surface area contributed by atoms with Crippen molar-refractivity contribution in [3.05, 3.63) is 76.5 Å². The number of nitrogens with one attached hydrogen (secondary N) is 2. The molecular formula is C40H50N4O2. The molecule has 3 saturated heterocycles. The minimum absolute atomic E-state index is 0.0696. The van der Waals surface area contributed by atoms with Crippen LogP contribution in [0.4, 0.5) is 5.69 Å². The fourth-order valence-corrected chi connectivity index (χ4v) is 11.9. The maximum atomic E-state index is 13.6. The van der Waals surface area contributed by atoms with Gasteiger partial charge in [-0.15, -0.1) is 0 Å². The minimum Gasteiger partial charge on any atom is -0.469 e. The quantitative estimate of drug-likeness (QED) is 0.248. The van der Waals surface area contributed by atoms with Crippen LogP contribution in [0.3, 0.4) is 0 Å². The maximum absolute atomic E-state index is 13.6. The monoisotopic (exact) mass is 618 g/mol. The van der Waals surface area contributed by atoms with Gasteiger partial charge in [-0.3, -0.25) is 14.6 Å². The second-order valence-corrected chi connectivity index (χ2v) is 15.6. The van der Waals surface area contributed by atoms with Crippen LogP contribution in [0.15, 0.2) is 54.1 Å². The van der Waals surface area contributed by atoms with Crippen LogP contribution in [-0.4, -0.2) is 72.7 Å². The first-order chi connectivity index (χ1) is 22.4. The third-order valence-electron chi connectivity index (χ3n) is 13.9. The van der Waals surface area contributed by atoms with Gasteiger partial charge in [-0.05, 0) is 106 Å². The zero-order valence-corrected chi connectivity index (χ0v) is 28.0. The van der Waals surface area contributed by atoms with Crippen LogP contribution < -0.4 is 5.32 Å². The van der Waals surface area contributed by atoms with Crippen LogP contribution in [0.25, 0.3) is 10.9 Å². The number of likely N-dealkylation sites (N-methyl/N-ethyl adjacent to an activating group) is 1. The summed E-state index contributed by atoms with van der Waals surface area (Å²) in [5.41, 5.74) is 9.84. The Morgan fingerprint density at radius 1 is 1.15 bits per heavy atom. The number of methoxy groups -OCH3 is 1. The second kappa shape index (κ2) is 10.7. The number of aromatic nitrogens is 1. The predicted octanol–water partition coefficient (Wildman–Crippen LogP) is 6.86. The molecule has 3 aromatic rings. The van der Waals surface area contributed by atoms with Gasteiger partial charge in [0, 0.05) is 64.8 Å². The van der Waals surface area contributed by atoms with Gasteiger partial charge in [0.15, 0.2) is 0 Å². The van der Waals surface area contributed by atoms with E-state index in [-0.39, 0.29) is 35.2 Å². The van der Waals surface area contributed by atoms with Crippen molar-refractivity contribution in [1.29, 1.82) is 0 Å². The predicted molar refractivity (Wildman–Crippen MR) is 184 cm³/mol. The molecular weight excluding hydrogens is 568 g/mol. The number of allylic oxidation sites excluding steroid dienone is 1. The fourth-order valence-electron chi connectivity index (χ4n) is 11.9. The van der Waals surface area contributed by atoms with Gasteiger partial charge in [-0.2, -0.15) is 0 Å². The molecule has 2 aromatic carbocycles. The van der Waals surface area contributed by atoms with E-state index < -0.39 is 0 Å². The number of H-pyrrole nitrogens is 1. The SMILES string of the molecule is C/C=C1/CN(C)[C@H]2Cc3c([nH]c4ccccc34)[C@@H](c3ccc4c(c3)N[C@@H]3CC[C@H]5C[C@@H](CC)CN6CC[C@@]43[C@@H]56)C[C@@H]1[C@@H]2C(=O)OC. The van der Waals surface area contributed by atoms with Crippen molar-refractivity contribution in [1.82, 2.24) is 14.8 Å². The lowest BCUT2D eigenvalue weighted by atomic mass is 9.59. The molecule has 2 N–H and O–H groups in total. The Morgan fingerprint density at radius 3 is 2.85 bits per heavy atom. The van der Waals surface area contributed by atoms with Crippen LogP contribution in [0.1, 0.15) is 80.7 Å².